The number of aromatic nitrogens is 3. The summed E-state index contributed by atoms with van der Waals surface area (Å²) >= 11 is 0. The Balaban J connectivity index is 1.88. The first-order chi connectivity index (χ1) is 14.0. The number of carboxylic acid groups (broad SMARTS) is 1. The molecule has 0 unspecified atom stereocenters. The van der Waals surface area contributed by atoms with Crippen molar-refractivity contribution in [3.63, 3.8) is 0 Å². The Bertz CT molecular complexity index is 1320. The zero-order valence-corrected chi connectivity index (χ0v) is 14.8. The number of hydrogen-bond donors (Lipinski definition) is 3. The molecule has 142 valence electrons. The fraction of sp³-hybridized carbons (Fsp3) is 0.0500. The molecule has 2 aromatic heterocycles. The Hall–Kier alpha value is -4.45. The van der Waals surface area contributed by atoms with Crippen LogP contribution in [0.3, 0.4) is 0 Å². The third-order valence-electron chi connectivity index (χ3n) is 4.46. The van der Waals surface area contributed by atoms with E-state index in [0.29, 0.717) is 22.0 Å². The Labute approximate surface area is 163 Å². The number of nitrogens with zero attached hydrogens (tertiary/aromatic N) is 4. The Morgan fingerprint density at radius 1 is 1.10 bits per heavy atom. The molecule has 0 bridgehead atoms. The summed E-state index contributed by atoms with van der Waals surface area (Å²) in [6.45, 7) is -0.593. The Morgan fingerprint density at radius 2 is 1.83 bits per heavy atom. The fourth-order valence-electron chi connectivity index (χ4n) is 3.11. The van der Waals surface area contributed by atoms with Crippen LogP contribution < -0.4 is 5.32 Å². The van der Waals surface area contributed by atoms with E-state index in [2.05, 4.69) is 21.5 Å². The van der Waals surface area contributed by atoms with Crippen LogP contribution in [0.1, 0.15) is 16.1 Å². The van der Waals surface area contributed by atoms with Crippen molar-refractivity contribution in [2.45, 2.75) is 0 Å². The van der Waals surface area contributed by atoms with Gasteiger partial charge >= 0.3 is 5.97 Å². The molecule has 2 aromatic carbocycles. The number of carbonyl (C=O) groups excluding carboxylic acids is 1. The van der Waals surface area contributed by atoms with E-state index in [0.717, 1.165) is 11.1 Å². The van der Waals surface area contributed by atoms with E-state index in [1.807, 2.05) is 12.1 Å². The molecule has 3 N–H and O–H groups in total. The molecule has 0 spiro atoms. The fourth-order valence-corrected chi connectivity index (χ4v) is 3.11. The number of nitrogens with one attached hydrogen (secondary N) is 1. The number of nitriles is 1. The van der Waals surface area contributed by atoms with Gasteiger partial charge in [-0.3, -0.25) is 9.59 Å². The van der Waals surface area contributed by atoms with E-state index >= 15 is 0 Å². The number of pyridine rings is 1. The minimum absolute atomic E-state index is 0.197. The average molecular weight is 387 g/mol. The van der Waals surface area contributed by atoms with Crippen LogP contribution in [0.2, 0.25) is 0 Å². The van der Waals surface area contributed by atoms with Crippen LogP contribution in [0.15, 0.2) is 48.8 Å². The minimum atomic E-state index is -1.21. The molecule has 9 heteroatoms. The largest absolute Gasteiger partial charge is 0.505 e. The predicted octanol–water partition coefficient (Wildman–Crippen LogP) is 1.94. The van der Waals surface area contributed by atoms with Crippen LogP contribution in [0.25, 0.3) is 27.5 Å². The summed E-state index contributed by atoms with van der Waals surface area (Å²) in [5, 5.41) is 35.6. The maximum atomic E-state index is 12.4. The summed E-state index contributed by atoms with van der Waals surface area (Å²) < 4.78 is 1.18. The molecule has 0 saturated carbocycles. The van der Waals surface area contributed by atoms with Gasteiger partial charge in [0.2, 0.25) is 0 Å². The molecule has 0 aliphatic carbocycles. The van der Waals surface area contributed by atoms with E-state index in [1.165, 1.54) is 10.8 Å². The number of aliphatic carboxylic acids is 1. The van der Waals surface area contributed by atoms with Crippen molar-refractivity contribution >= 4 is 28.3 Å². The number of fused-ring (bicyclic) bond motifs is 3. The number of aromatic hydroxyl groups is 1. The van der Waals surface area contributed by atoms with Gasteiger partial charge in [0.25, 0.3) is 5.91 Å². The second-order valence-corrected chi connectivity index (χ2v) is 6.22. The summed E-state index contributed by atoms with van der Waals surface area (Å²) in [7, 11) is 0. The minimum Gasteiger partial charge on any atom is -0.505 e. The summed E-state index contributed by atoms with van der Waals surface area (Å²) in [5.41, 5.74) is 2.39. The maximum absolute atomic E-state index is 12.4. The lowest BCUT2D eigenvalue weighted by Gasteiger charge is -2.12. The second-order valence-electron chi connectivity index (χ2n) is 6.22. The Morgan fingerprint density at radius 3 is 2.52 bits per heavy atom. The van der Waals surface area contributed by atoms with Crippen molar-refractivity contribution < 1.29 is 19.8 Å². The molecule has 1 amide bonds. The van der Waals surface area contributed by atoms with Crippen LogP contribution in [0.5, 0.6) is 5.75 Å². The first-order valence-electron chi connectivity index (χ1n) is 8.48. The first-order valence-corrected chi connectivity index (χ1v) is 8.48. The highest BCUT2D eigenvalue weighted by Gasteiger charge is 2.22. The van der Waals surface area contributed by atoms with Crippen molar-refractivity contribution in [1.29, 1.82) is 5.26 Å². The summed E-state index contributed by atoms with van der Waals surface area (Å²) in [5.74, 6) is -2.31. The van der Waals surface area contributed by atoms with Crippen molar-refractivity contribution in [2.24, 2.45) is 0 Å². The van der Waals surface area contributed by atoms with Crippen LogP contribution in [-0.4, -0.2) is 43.2 Å². The second kappa shape index (κ2) is 6.94. The van der Waals surface area contributed by atoms with Gasteiger partial charge in [0.05, 0.1) is 11.6 Å². The van der Waals surface area contributed by atoms with Crippen molar-refractivity contribution in [3.8, 4) is 22.9 Å². The SMILES string of the molecule is N#Cc1ccc(-c2ccc3c(O)c(C(=O)NCC(=O)O)n4ncnc4c3c2)cc1. The summed E-state index contributed by atoms with van der Waals surface area (Å²) in [6.07, 6.45) is 1.25. The molecule has 0 fully saturated rings. The van der Waals surface area contributed by atoms with Gasteiger partial charge in [-0.15, -0.1) is 0 Å². The van der Waals surface area contributed by atoms with Gasteiger partial charge in [-0.1, -0.05) is 18.2 Å². The summed E-state index contributed by atoms with van der Waals surface area (Å²) in [6, 6.07) is 14.3. The third-order valence-corrected chi connectivity index (χ3v) is 4.46. The number of hydrogen-bond acceptors (Lipinski definition) is 6. The normalized spacial score (nSPS) is 10.7. The lowest BCUT2D eigenvalue weighted by atomic mass is 10.00. The predicted molar refractivity (Wildman–Crippen MR) is 102 cm³/mol. The van der Waals surface area contributed by atoms with E-state index in [4.69, 9.17) is 10.4 Å². The number of rotatable bonds is 4. The monoisotopic (exact) mass is 387 g/mol. The lowest BCUT2D eigenvalue weighted by molar-refractivity contribution is -0.135. The molecule has 9 nitrogen and oxygen atoms in total. The molecule has 29 heavy (non-hydrogen) atoms. The quantitative estimate of drug-likeness (QED) is 0.486. The smallest absolute Gasteiger partial charge is 0.322 e. The van der Waals surface area contributed by atoms with E-state index in [9.17, 15) is 14.7 Å². The number of carbonyl (C=O) groups is 2. The molecule has 0 atom stereocenters. The number of carboxylic acids is 1. The molecule has 2 heterocycles. The van der Waals surface area contributed by atoms with Crippen molar-refractivity contribution in [3.05, 3.63) is 60.0 Å². The van der Waals surface area contributed by atoms with E-state index in [-0.39, 0.29) is 11.4 Å². The van der Waals surface area contributed by atoms with Crippen LogP contribution in [0.4, 0.5) is 0 Å². The summed E-state index contributed by atoms with van der Waals surface area (Å²) in [4.78, 5) is 27.3. The molecular formula is C20H13N5O4. The standard InChI is InChI=1S/C20H13N5O4/c21-8-11-1-3-12(4-2-11)13-5-6-14-15(7-13)19-23-10-24-25(19)17(18(14)28)20(29)22-9-16(26)27/h1-7,10,28H,9H2,(H,22,29)(H,26,27). The molecule has 0 radical (unpaired) electrons. The van der Waals surface area contributed by atoms with Crippen LogP contribution in [-0.2, 0) is 4.79 Å². The third kappa shape index (κ3) is 3.08. The van der Waals surface area contributed by atoms with Gasteiger partial charge in [-0.05, 0) is 35.4 Å². The maximum Gasteiger partial charge on any atom is 0.322 e. The van der Waals surface area contributed by atoms with Gasteiger partial charge in [0, 0.05) is 10.8 Å². The van der Waals surface area contributed by atoms with Gasteiger partial charge in [0.15, 0.2) is 17.1 Å². The van der Waals surface area contributed by atoms with Gasteiger partial charge in [-0.25, -0.2) is 9.50 Å². The number of amides is 1. The number of benzene rings is 2. The molecule has 0 aliphatic rings. The van der Waals surface area contributed by atoms with E-state index < -0.39 is 18.4 Å². The first kappa shape index (κ1) is 17.9. The molecular weight excluding hydrogens is 374 g/mol. The van der Waals surface area contributed by atoms with Gasteiger partial charge in [0.1, 0.15) is 12.9 Å². The molecule has 4 aromatic rings. The molecule has 0 saturated heterocycles. The van der Waals surface area contributed by atoms with Crippen molar-refractivity contribution in [2.75, 3.05) is 6.54 Å². The Kier molecular flexibility index (Phi) is 4.29. The van der Waals surface area contributed by atoms with Crippen molar-refractivity contribution in [1.82, 2.24) is 19.9 Å². The highest BCUT2D eigenvalue weighted by molar-refractivity contribution is 6.07. The molecule has 0 aliphatic heterocycles. The highest BCUT2D eigenvalue weighted by atomic mass is 16.4. The molecule has 4 rings (SSSR count). The average Bonchev–Trinajstić information content (AvgIpc) is 3.21. The van der Waals surface area contributed by atoms with Gasteiger partial charge in [-0.2, -0.15) is 10.4 Å². The zero-order chi connectivity index (χ0) is 20.5. The van der Waals surface area contributed by atoms with Gasteiger partial charge < -0.3 is 15.5 Å². The van der Waals surface area contributed by atoms with Crippen LogP contribution >= 0.6 is 0 Å². The lowest BCUT2D eigenvalue weighted by Crippen LogP contribution is -2.31. The van der Waals surface area contributed by atoms with Crippen LogP contribution in [0, 0.1) is 11.3 Å². The topological polar surface area (TPSA) is 141 Å². The highest BCUT2D eigenvalue weighted by Crippen LogP contribution is 2.34. The van der Waals surface area contributed by atoms with E-state index in [1.54, 1.807) is 30.3 Å². The zero-order valence-electron chi connectivity index (χ0n) is 14.8.